The third kappa shape index (κ3) is 3.85. The molecule has 1 amide bonds. The molecule has 0 aliphatic carbocycles. The number of pyridine rings is 1. The van der Waals surface area contributed by atoms with E-state index in [-0.39, 0.29) is 5.69 Å². The van der Waals surface area contributed by atoms with E-state index in [9.17, 15) is 4.79 Å². The predicted molar refractivity (Wildman–Crippen MR) is 115 cm³/mol. The van der Waals surface area contributed by atoms with Crippen LogP contribution in [0.15, 0.2) is 65.8 Å². The van der Waals surface area contributed by atoms with E-state index in [1.54, 1.807) is 19.1 Å². The highest BCUT2D eigenvalue weighted by atomic mass is 35.5. The number of nitrogens with one attached hydrogen (secondary N) is 1. The van der Waals surface area contributed by atoms with Gasteiger partial charge >= 0.3 is 0 Å². The molecule has 0 spiro atoms. The Morgan fingerprint density at radius 1 is 1.07 bits per heavy atom. The molecule has 0 unspecified atom stereocenters. The second-order valence-electron chi connectivity index (χ2n) is 6.24. The molecule has 1 N–H and O–H groups in total. The van der Waals surface area contributed by atoms with Crippen LogP contribution in [0.2, 0.25) is 10.2 Å². The number of amides is 1. The third-order valence-electron chi connectivity index (χ3n) is 4.32. The minimum atomic E-state index is -0.417. The molecule has 8 heteroatoms. The molecule has 0 saturated carbocycles. The molecule has 0 fully saturated rings. The van der Waals surface area contributed by atoms with Gasteiger partial charge in [0.2, 0.25) is 0 Å². The predicted octanol–water partition coefficient (Wildman–Crippen LogP) is 4.80. The summed E-state index contributed by atoms with van der Waals surface area (Å²) in [6, 6.07) is 18.3. The van der Waals surface area contributed by atoms with Crippen LogP contribution < -0.4 is 5.43 Å². The van der Waals surface area contributed by atoms with Gasteiger partial charge in [-0.1, -0.05) is 59.6 Å². The van der Waals surface area contributed by atoms with Crippen molar-refractivity contribution in [2.75, 3.05) is 0 Å². The topological polar surface area (TPSA) is 72.2 Å². The molecule has 2 aromatic carbocycles. The van der Waals surface area contributed by atoms with Gasteiger partial charge in [0.25, 0.3) is 5.91 Å². The van der Waals surface area contributed by atoms with E-state index in [0.717, 1.165) is 10.9 Å². The highest BCUT2D eigenvalue weighted by Crippen LogP contribution is 2.26. The molecule has 0 saturated heterocycles. The molecule has 4 aromatic rings. The Kier molecular flexibility index (Phi) is 5.29. The fraction of sp³-hybridized carbons (Fsp3) is 0.0476. The monoisotopic (exact) mass is 423 g/mol. The minimum absolute atomic E-state index is 0.274. The summed E-state index contributed by atoms with van der Waals surface area (Å²) in [4.78, 5) is 16.7. The molecule has 6 nitrogen and oxygen atoms in total. The van der Waals surface area contributed by atoms with Crippen LogP contribution in [0, 0.1) is 6.92 Å². The summed E-state index contributed by atoms with van der Waals surface area (Å²) < 4.78 is 1.54. The highest BCUT2D eigenvalue weighted by molar-refractivity contribution is 6.34. The molecule has 0 aliphatic heterocycles. The average Bonchev–Trinajstić information content (AvgIpc) is 3.01. The lowest BCUT2D eigenvalue weighted by molar-refractivity contribution is 0.0950. The Labute approximate surface area is 176 Å². The lowest BCUT2D eigenvalue weighted by Gasteiger charge is -2.05. The average molecular weight is 424 g/mol. The summed E-state index contributed by atoms with van der Waals surface area (Å²) in [5.41, 5.74) is 5.38. The lowest BCUT2D eigenvalue weighted by Crippen LogP contribution is -2.19. The van der Waals surface area contributed by atoms with Gasteiger partial charge in [-0.25, -0.2) is 15.1 Å². The first-order chi connectivity index (χ1) is 14.0. The summed E-state index contributed by atoms with van der Waals surface area (Å²) in [5, 5.41) is 10.3. The molecular weight excluding hydrogens is 409 g/mol. The van der Waals surface area contributed by atoms with Gasteiger partial charge in [-0.15, -0.1) is 0 Å². The summed E-state index contributed by atoms with van der Waals surface area (Å²) in [6.45, 7) is 1.80. The van der Waals surface area contributed by atoms with Crippen LogP contribution in [0.3, 0.4) is 0 Å². The fourth-order valence-corrected chi connectivity index (χ4v) is 3.38. The number of benzene rings is 2. The highest BCUT2D eigenvalue weighted by Gasteiger charge is 2.15. The van der Waals surface area contributed by atoms with E-state index in [4.69, 9.17) is 23.2 Å². The lowest BCUT2D eigenvalue weighted by atomic mass is 10.2. The molecule has 29 heavy (non-hydrogen) atoms. The Balaban J connectivity index is 1.55. The molecule has 2 aromatic heterocycles. The number of fused-ring (bicyclic) bond motifs is 1. The van der Waals surface area contributed by atoms with Crippen molar-refractivity contribution in [2.24, 2.45) is 5.10 Å². The molecular formula is C21H15Cl2N5O. The largest absolute Gasteiger partial charge is 0.289 e. The summed E-state index contributed by atoms with van der Waals surface area (Å²) >= 11 is 12.7. The number of nitrogens with zero attached hydrogens (tertiary/aromatic N) is 4. The van der Waals surface area contributed by atoms with E-state index >= 15 is 0 Å². The van der Waals surface area contributed by atoms with Gasteiger partial charge in [-0.3, -0.25) is 4.79 Å². The van der Waals surface area contributed by atoms with Gasteiger partial charge < -0.3 is 0 Å². The van der Waals surface area contributed by atoms with Crippen molar-refractivity contribution in [3.8, 4) is 5.69 Å². The fourth-order valence-electron chi connectivity index (χ4n) is 2.85. The van der Waals surface area contributed by atoms with Gasteiger partial charge in [0, 0.05) is 5.39 Å². The summed E-state index contributed by atoms with van der Waals surface area (Å²) in [7, 11) is 0. The number of halogens is 2. The van der Waals surface area contributed by atoms with E-state index in [0.29, 0.717) is 27.1 Å². The second-order valence-corrected chi connectivity index (χ2v) is 7.01. The standard InChI is InChI=1S/C21H15Cl2N5O/c1-13-15(20(23)28(27-13)19-9-5-3-7-16(19)22)12-24-26-21(29)18-11-10-14-6-2-4-8-17(14)25-18/h2-12H,1H3,(H,26,29)/b24-12+. The maximum absolute atomic E-state index is 12.4. The SMILES string of the molecule is Cc1nn(-c2ccccc2Cl)c(Cl)c1/C=N/NC(=O)c1ccc2ccccc2n1. The number of hydrogen-bond donors (Lipinski definition) is 1. The third-order valence-corrected chi connectivity index (χ3v) is 5.00. The van der Waals surface area contributed by atoms with Crippen LogP contribution in [0.25, 0.3) is 16.6 Å². The second kappa shape index (κ2) is 8.03. The van der Waals surface area contributed by atoms with Gasteiger partial charge in [-0.2, -0.15) is 10.2 Å². The molecule has 4 rings (SSSR count). The van der Waals surface area contributed by atoms with E-state index in [1.165, 1.54) is 10.9 Å². The van der Waals surface area contributed by atoms with E-state index in [1.807, 2.05) is 48.5 Å². The Bertz CT molecular complexity index is 1250. The first-order valence-corrected chi connectivity index (χ1v) is 9.49. The van der Waals surface area contributed by atoms with Crippen molar-refractivity contribution in [3.63, 3.8) is 0 Å². The normalized spacial score (nSPS) is 11.3. The number of carbonyl (C=O) groups is 1. The number of hydrogen-bond acceptors (Lipinski definition) is 4. The van der Waals surface area contributed by atoms with Crippen molar-refractivity contribution >= 4 is 46.2 Å². The summed E-state index contributed by atoms with van der Waals surface area (Å²) in [5.74, 6) is -0.417. The maximum Gasteiger partial charge on any atom is 0.289 e. The number of rotatable bonds is 4. The molecule has 0 atom stereocenters. The number of aryl methyl sites for hydroxylation is 1. The smallest absolute Gasteiger partial charge is 0.266 e. The van der Waals surface area contributed by atoms with Crippen molar-refractivity contribution in [3.05, 3.63) is 87.8 Å². The van der Waals surface area contributed by atoms with Crippen LogP contribution >= 0.6 is 23.2 Å². The Morgan fingerprint density at radius 3 is 2.66 bits per heavy atom. The van der Waals surface area contributed by atoms with Crippen LogP contribution in [-0.2, 0) is 0 Å². The van der Waals surface area contributed by atoms with Crippen molar-refractivity contribution in [1.82, 2.24) is 20.2 Å². The zero-order chi connectivity index (χ0) is 20.4. The number of carbonyl (C=O) groups excluding carboxylic acids is 1. The van der Waals surface area contributed by atoms with Gasteiger partial charge in [0.05, 0.1) is 33.7 Å². The van der Waals surface area contributed by atoms with Gasteiger partial charge in [0.15, 0.2) is 0 Å². The van der Waals surface area contributed by atoms with Gasteiger partial charge in [-0.05, 0) is 31.2 Å². The Hall–Kier alpha value is -3.22. The molecule has 0 aliphatic rings. The zero-order valence-corrected chi connectivity index (χ0v) is 16.8. The molecule has 2 heterocycles. The minimum Gasteiger partial charge on any atom is -0.266 e. The quantitative estimate of drug-likeness (QED) is 0.378. The first kappa shape index (κ1) is 19.1. The molecule has 0 radical (unpaired) electrons. The van der Waals surface area contributed by atoms with Crippen molar-refractivity contribution < 1.29 is 4.79 Å². The maximum atomic E-state index is 12.4. The van der Waals surface area contributed by atoms with Crippen molar-refractivity contribution in [2.45, 2.75) is 6.92 Å². The van der Waals surface area contributed by atoms with Crippen LogP contribution in [0.5, 0.6) is 0 Å². The number of hydrazone groups is 1. The summed E-state index contributed by atoms with van der Waals surface area (Å²) in [6.07, 6.45) is 1.46. The van der Waals surface area contributed by atoms with Crippen LogP contribution in [0.4, 0.5) is 0 Å². The van der Waals surface area contributed by atoms with E-state index in [2.05, 4.69) is 20.6 Å². The molecule has 0 bridgehead atoms. The van der Waals surface area contributed by atoms with E-state index < -0.39 is 5.91 Å². The molecule has 144 valence electrons. The Morgan fingerprint density at radius 2 is 1.83 bits per heavy atom. The van der Waals surface area contributed by atoms with Crippen molar-refractivity contribution in [1.29, 1.82) is 0 Å². The van der Waals surface area contributed by atoms with Gasteiger partial charge in [0.1, 0.15) is 10.8 Å². The zero-order valence-electron chi connectivity index (χ0n) is 15.3. The van der Waals surface area contributed by atoms with Crippen LogP contribution in [0.1, 0.15) is 21.7 Å². The first-order valence-electron chi connectivity index (χ1n) is 8.74. The number of para-hydroxylation sites is 2. The van der Waals surface area contributed by atoms with Crippen LogP contribution in [-0.4, -0.2) is 26.9 Å². The number of aromatic nitrogens is 3.